The number of nitrogens with zero attached hydrogens (tertiary/aromatic N) is 1. The summed E-state index contributed by atoms with van der Waals surface area (Å²) in [5.74, 6) is 0.154. The van der Waals surface area contributed by atoms with Gasteiger partial charge in [-0.25, -0.2) is 9.79 Å². The van der Waals surface area contributed by atoms with Gasteiger partial charge in [-0.3, -0.25) is 0 Å². The SMILES string of the molecule is COC(=O)C1=CC=CN=C(OC)C1. The lowest BCUT2D eigenvalue weighted by Gasteiger charge is -2.04. The summed E-state index contributed by atoms with van der Waals surface area (Å²) in [6.07, 6.45) is 5.30. The fourth-order valence-electron chi connectivity index (χ4n) is 0.949. The lowest BCUT2D eigenvalue weighted by molar-refractivity contribution is -0.136. The van der Waals surface area contributed by atoms with Crippen LogP contribution in [0.3, 0.4) is 0 Å². The maximum atomic E-state index is 11.1. The first-order valence-corrected chi connectivity index (χ1v) is 3.82. The molecule has 0 fully saturated rings. The van der Waals surface area contributed by atoms with Gasteiger partial charge in [0.2, 0.25) is 0 Å². The molecule has 1 aliphatic rings. The number of ether oxygens (including phenoxy) is 2. The van der Waals surface area contributed by atoms with E-state index in [0.717, 1.165) is 0 Å². The highest BCUT2D eigenvalue weighted by atomic mass is 16.5. The Kier molecular flexibility index (Phi) is 3.25. The van der Waals surface area contributed by atoms with Crippen LogP contribution in [-0.4, -0.2) is 26.1 Å². The molecule has 0 unspecified atom stereocenters. The summed E-state index contributed by atoms with van der Waals surface area (Å²) in [4.78, 5) is 15.1. The molecule has 0 spiro atoms. The van der Waals surface area contributed by atoms with E-state index >= 15 is 0 Å². The molecule has 0 aromatic carbocycles. The van der Waals surface area contributed by atoms with E-state index in [4.69, 9.17) is 4.74 Å². The zero-order valence-electron chi connectivity index (χ0n) is 7.61. The van der Waals surface area contributed by atoms with E-state index in [1.54, 1.807) is 18.4 Å². The molecule has 1 rings (SSSR count). The van der Waals surface area contributed by atoms with E-state index in [-0.39, 0.29) is 5.97 Å². The smallest absolute Gasteiger partial charge is 0.334 e. The number of carbonyl (C=O) groups is 1. The fraction of sp³-hybridized carbons (Fsp3) is 0.333. The van der Waals surface area contributed by atoms with E-state index in [0.29, 0.717) is 17.9 Å². The number of hydrogen-bond acceptors (Lipinski definition) is 4. The Bertz CT molecular complexity index is 289. The molecule has 0 atom stereocenters. The number of rotatable bonds is 1. The van der Waals surface area contributed by atoms with E-state index in [2.05, 4.69) is 9.73 Å². The zero-order chi connectivity index (χ0) is 9.68. The number of aliphatic imine (C=N–C) groups is 1. The van der Waals surface area contributed by atoms with Gasteiger partial charge in [-0.05, 0) is 12.2 Å². The standard InChI is InChI=1S/C9H11NO3/c1-12-8-6-7(9(11)13-2)4-3-5-10-8/h3-5H,6H2,1-2H3. The minimum Gasteiger partial charge on any atom is -0.484 e. The third kappa shape index (κ3) is 2.43. The molecule has 0 amide bonds. The molecule has 0 bridgehead atoms. The number of allylic oxidation sites excluding steroid dienone is 2. The highest BCUT2D eigenvalue weighted by Gasteiger charge is 2.13. The first kappa shape index (κ1) is 9.51. The van der Waals surface area contributed by atoms with Gasteiger partial charge in [0, 0.05) is 11.8 Å². The van der Waals surface area contributed by atoms with Gasteiger partial charge in [-0.1, -0.05) is 0 Å². The van der Waals surface area contributed by atoms with Gasteiger partial charge >= 0.3 is 5.97 Å². The second kappa shape index (κ2) is 4.45. The van der Waals surface area contributed by atoms with Crippen LogP contribution >= 0.6 is 0 Å². The van der Waals surface area contributed by atoms with Gasteiger partial charge < -0.3 is 9.47 Å². The minimum atomic E-state index is -0.351. The molecule has 4 heteroatoms. The summed E-state index contributed by atoms with van der Waals surface area (Å²) in [6, 6.07) is 0. The molecule has 0 N–H and O–H groups in total. The van der Waals surface area contributed by atoms with E-state index in [1.165, 1.54) is 14.2 Å². The molecule has 0 aromatic rings. The molecule has 13 heavy (non-hydrogen) atoms. The first-order chi connectivity index (χ1) is 6.27. The van der Waals surface area contributed by atoms with Crippen molar-refractivity contribution in [1.82, 2.24) is 0 Å². The highest BCUT2D eigenvalue weighted by Crippen LogP contribution is 2.09. The summed E-state index contributed by atoms with van der Waals surface area (Å²) in [5, 5.41) is 0. The molecule has 1 aliphatic heterocycles. The summed E-state index contributed by atoms with van der Waals surface area (Å²) in [7, 11) is 2.87. The average Bonchev–Trinajstić information content (AvgIpc) is 2.41. The van der Waals surface area contributed by atoms with Crippen molar-refractivity contribution in [2.45, 2.75) is 6.42 Å². The third-order valence-electron chi connectivity index (χ3n) is 1.63. The van der Waals surface area contributed by atoms with Crippen molar-refractivity contribution in [3.63, 3.8) is 0 Å². The van der Waals surface area contributed by atoms with Gasteiger partial charge in [0.25, 0.3) is 0 Å². The lowest BCUT2D eigenvalue weighted by atomic mass is 10.2. The molecule has 0 saturated carbocycles. The summed E-state index contributed by atoms with van der Waals surface area (Å²) in [5.41, 5.74) is 0.539. The van der Waals surface area contributed by atoms with Crippen LogP contribution in [-0.2, 0) is 14.3 Å². The largest absolute Gasteiger partial charge is 0.484 e. The number of carbonyl (C=O) groups excluding carboxylic acids is 1. The van der Waals surface area contributed by atoms with Gasteiger partial charge in [-0.2, -0.15) is 0 Å². The molecular weight excluding hydrogens is 170 g/mol. The van der Waals surface area contributed by atoms with Crippen LogP contribution in [0.1, 0.15) is 6.42 Å². The monoisotopic (exact) mass is 181 g/mol. The van der Waals surface area contributed by atoms with E-state index in [9.17, 15) is 4.79 Å². The molecular formula is C9H11NO3. The highest BCUT2D eigenvalue weighted by molar-refractivity contribution is 5.96. The quantitative estimate of drug-likeness (QED) is 0.568. The van der Waals surface area contributed by atoms with Gasteiger partial charge in [-0.15, -0.1) is 0 Å². The van der Waals surface area contributed by atoms with E-state index < -0.39 is 0 Å². The van der Waals surface area contributed by atoms with Crippen molar-refractivity contribution >= 4 is 11.9 Å². The predicted molar refractivity (Wildman–Crippen MR) is 48.3 cm³/mol. The van der Waals surface area contributed by atoms with Crippen molar-refractivity contribution in [2.24, 2.45) is 4.99 Å². The number of hydrogen-bond donors (Lipinski definition) is 0. The van der Waals surface area contributed by atoms with Gasteiger partial charge in [0.15, 0.2) is 5.90 Å². The van der Waals surface area contributed by atoms with Crippen molar-refractivity contribution in [2.75, 3.05) is 14.2 Å². The maximum absolute atomic E-state index is 11.1. The molecule has 0 saturated heterocycles. The fourth-order valence-corrected chi connectivity index (χ4v) is 0.949. The zero-order valence-corrected chi connectivity index (χ0v) is 7.61. The molecule has 0 radical (unpaired) electrons. The molecule has 4 nitrogen and oxygen atoms in total. The second-order valence-corrected chi connectivity index (χ2v) is 2.43. The van der Waals surface area contributed by atoms with Gasteiger partial charge in [0.05, 0.1) is 20.6 Å². The van der Waals surface area contributed by atoms with E-state index in [1.807, 2.05) is 0 Å². The van der Waals surface area contributed by atoms with Crippen LogP contribution in [0.2, 0.25) is 0 Å². The van der Waals surface area contributed by atoms with Crippen LogP contribution < -0.4 is 0 Å². The van der Waals surface area contributed by atoms with Gasteiger partial charge in [0.1, 0.15) is 0 Å². The topological polar surface area (TPSA) is 47.9 Å². The van der Waals surface area contributed by atoms with Crippen molar-refractivity contribution in [3.05, 3.63) is 23.9 Å². The summed E-state index contributed by atoms with van der Waals surface area (Å²) in [6.45, 7) is 0. The number of esters is 1. The predicted octanol–water partition coefficient (Wildman–Crippen LogP) is 1.05. The van der Waals surface area contributed by atoms with Crippen molar-refractivity contribution < 1.29 is 14.3 Å². The molecule has 1 heterocycles. The summed E-state index contributed by atoms with van der Waals surface area (Å²) < 4.78 is 9.53. The number of methoxy groups -OCH3 is 2. The third-order valence-corrected chi connectivity index (χ3v) is 1.63. The maximum Gasteiger partial charge on any atom is 0.334 e. The lowest BCUT2D eigenvalue weighted by Crippen LogP contribution is -2.10. The molecule has 0 aliphatic carbocycles. The Morgan fingerprint density at radius 3 is 2.92 bits per heavy atom. The summed E-state index contributed by atoms with van der Waals surface area (Å²) >= 11 is 0. The van der Waals surface area contributed by atoms with Crippen LogP contribution in [0.15, 0.2) is 28.9 Å². The second-order valence-electron chi connectivity index (χ2n) is 2.43. The Labute approximate surface area is 76.6 Å². The van der Waals surface area contributed by atoms with Crippen LogP contribution in [0.4, 0.5) is 0 Å². The molecule has 70 valence electrons. The Morgan fingerprint density at radius 1 is 1.54 bits per heavy atom. The van der Waals surface area contributed by atoms with Crippen LogP contribution in [0, 0.1) is 0 Å². The molecule has 0 aromatic heterocycles. The Morgan fingerprint density at radius 2 is 2.31 bits per heavy atom. The van der Waals surface area contributed by atoms with Crippen LogP contribution in [0.25, 0.3) is 0 Å². The minimum absolute atomic E-state index is 0.351. The average molecular weight is 181 g/mol. The Hall–Kier alpha value is -1.58. The Balaban J connectivity index is 2.79. The van der Waals surface area contributed by atoms with Crippen molar-refractivity contribution in [1.29, 1.82) is 0 Å². The van der Waals surface area contributed by atoms with Crippen molar-refractivity contribution in [3.8, 4) is 0 Å². The normalized spacial score (nSPS) is 15.5. The van der Waals surface area contributed by atoms with Crippen LogP contribution in [0.5, 0.6) is 0 Å². The first-order valence-electron chi connectivity index (χ1n) is 3.82.